The fourth-order valence-corrected chi connectivity index (χ4v) is 3.01. The summed E-state index contributed by atoms with van der Waals surface area (Å²) in [6, 6.07) is 9.97. The molecule has 0 bridgehead atoms. The maximum absolute atomic E-state index is 9.38. The van der Waals surface area contributed by atoms with Crippen molar-refractivity contribution in [2.24, 2.45) is 5.92 Å². The molecule has 122 valence electrons. The Morgan fingerprint density at radius 3 is 2.79 bits per heavy atom. The van der Waals surface area contributed by atoms with Crippen LogP contribution in [-0.4, -0.2) is 42.9 Å². The van der Waals surface area contributed by atoms with Gasteiger partial charge in [-0.3, -0.25) is 0 Å². The Kier molecular flexibility index (Phi) is 3.76. The molecular formula is C18H18N4O2. The van der Waals surface area contributed by atoms with Gasteiger partial charge in [0.05, 0.1) is 11.9 Å². The Hall–Kier alpha value is -2.70. The SMILES string of the molecule is OCC(CO)Cn1cc(-c2cnc3[nH]ccc3n2)c2ccccc21. The van der Waals surface area contributed by atoms with Gasteiger partial charge < -0.3 is 19.8 Å². The van der Waals surface area contributed by atoms with Crippen LogP contribution in [-0.2, 0) is 6.54 Å². The molecule has 0 fully saturated rings. The lowest BCUT2D eigenvalue weighted by atomic mass is 10.1. The van der Waals surface area contributed by atoms with Gasteiger partial charge in [0.25, 0.3) is 0 Å². The van der Waals surface area contributed by atoms with Gasteiger partial charge in [-0.15, -0.1) is 0 Å². The largest absolute Gasteiger partial charge is 0.396 e. The Balaban J connectivity index is 1.85. The van der Waals surface area contributed by atoms with E-state index in [0.717, 1.165) is 33.3 Å². The van der Waals surface area contributed by atoms with Crippen LogP contribution in [0.1, 0.15) is 0 Å². The van der Waals surface area contributed by atoms with Crippen molar-refractivity contribution in [3.63, 3.8) is 0 Å². The predicted octanol–water partition coefficient (Wildman–Crippen LogP) is 2.18. The Labute approximate surface area is 138 Å². The van der Waals surface area contributed by atoms with E-state index in [0.29, 0.717) is 6.54 Å². The topological polar surface area (TPSA) is 87.0 Å². The Morgan fingerprint density at radius 1 is 1.12 bits per heavy atom. The van der Waals surface area contributed by atoms with E-state index in [4.69, 9.17) is 0 Å². The number of rotatable bonds is 5. The first-order valence-corrected chi connectivity index (χ1v) is 7.90. The van der Waals surface area contributed by atoms with E-state index in [-0.39, 0.29) is 19.1 Å². The molecule has 3 aromatic heterocycles. The minimum absolute atomic E-state index is 0.0482. The van der Waals surface area contributed by atoms with Crippen LogP contribution in [0.5, 0.6) is 0 Å². The van der Waals surface area contributed by atoms with Crippen LogP contribution in [0.2, 0.25) is 0 Å². The van der Waals surface area contributed by atoms with Crippen molar-refractivity contribution in [2.45, 2.75) is 6.54 Å². The number of hydrogen-bond donors (Lipinski definition) is 3. The number of fused-ring (bicyclic) bond motifs is 2. The van der Waals surface area contributed by atoms with Gasteiger partial charge >= 0.3 is 0 Å². The summed E-state index contributed by atoms with van der Waals surface area (Å²) in [6.45, 7) is 0.453. The zero-order valence-corrected chi connectivity index (χ0v) is 13.1. The van der Waals surface area contributed by atoms with Gasteiger partial charge in [0, 0.05) is 54.5 Å². The average Bonchev–Trinajstić information content (AvgIpc) is 3.23. The Morgan fingerprint density at radius 2 is 1.96 bits per heavy atom. The highest BCUT2D eigenvalue weighted by molar-refractivity contribution is 5.95. The quantitative estimate of drug-likeness (QED) is 0.525. The highest BCUT2D eigenvalue weighted by atomic mass is 16.3. The van der Waals surface area contributed by atoms with Crippen LogP contribution in [0, 0.1) is 5.92 Å². The number of para-hydroxylation sites is 1. The maximum atomic E-state index is 9.38. The second-order valence-corrected chi connectivity index (χ2v) is 5.91. The third-order valence-electron chi connectivity index (χ3n) is 4.30. The zero-order valence-electron chi connectivity index (χ0n) is 13.1. The Bertz CT molecular complexity index is 985. The van der Waals surface area contributed by atoms with Crippen LogP contribution in [0.25, 0.3) is 33.3 Å². The van der Waals surface area contributed by atoms with Gasteiger partial charge in [0.15, 0.2) is 5.65 Å². The molecule has 0 radical (unpaired) electrons. The fourth-order valence-electron chi connectivity index (χ4n) is 3.01. The number of benzene rings is 1. The highest BCUT2D eigenvalue weighted by Crippen LogP contribution is 2.30. The molecule has 0 unspecified atom stereocenters. The monoisotopic (exact) mass is 322 g/mol. The second kappa shape index (κ2) is 6.07. The molecule has 4 aromatic rings. The molecule has 4 rings (SSSR count). The van der Waals surface area contributed by atoms with Gasteiger partial charge in [-0.25, -0.2) is 9.97 Å². The molecule has 0 aliphatic rings. The van der Waals surface area contributed by atoms with E-state index in [1.807, 2.05) is 36.7 Å². The molecule has 1 aromatic carbocycles. The van der Waals surface area contributed by atoms with Gasteiger partial charge in [-0.1, -0.05) is 18.2 Å². The third-order valence-corrected chi connectivity index (χ3v) is 4.30. The first kappa shape index (κ1) is 14.9. The smallest absolute Gasteiger partial charge is 0.156 e. The van der Waals surface area contributed by atoms with E-state index < -0.39 is 0 Å². The lowest BCUT2D eigenvalue weighted by Gasteiger charge is -2.12. The van der Waals surface area contributed by atoms with Gasteiger partial charge in [-0.05, 0) is 12.1 Å². The molecule has 3 N–H and O–H groups in total. The van der Waals surface area contributed by atoms with Crippen molar-refractivity contribution in [3.8, 4) is 11.3 Å². The lowest BCUT2D eigenvalue weighted by Crippen LogP contribution is -2.17. The molecule has 0 spiro atoms. The van der Waals surface area contributed by atoms with E-state index in [1.54, 1.807) is 6.20 Å². The molecular weight excluding hydrogens is 304 g/mol. The van der Waals surface area contributed by atoms with Crippen molar-refractivity contribution in [1.82, 2.24) is 19.5 Å². The number of H-pyrrole nitrogens is 1. The second-order valence-electron chi connectivity index (χ2n) is 5.91. The molecule has 0 saturated carbocycles. The number of aliphatic hydroxyl groups is 2. The van der Waals surface area contributed by atoms with E-state index in [1.165, 1.54) is 0 Å². The predicted molar refractivity (Wildman–Crippen MR) is 92.5 cm³/mol. The first-order valence-electron chi connectivity index (χ1n) is 7.90. The molecule has 6 nitrogen and oxygen atoms in total. The summed E-state index contributed by atoms with van der Waals surface area (Å²) in [7, 11) is 0. The summed E-state index contributed by atoms with van der Waals surface area (Å²) >= 11 is 0. The molecule has 0 amide bonds. The van der Waals surface area contributed by atoms with Crippen LogP contribution in [0.15, 0.2) is 48.9 Å². The fraction of sp³-hybridized carbons (Fsp3) is 0.222. The molecule has 24 heavy (non-hydrogen) atoms. The summed E-state index contributed by atoms with van der Waals surface area (Å²) in [5.74, 6) is -0.188. The molecule has 0 aliphatic carbocycles. The molecule has 6 heteroatoms. The average molecular weight is 322 g/mol. The van der Waals surface area contributed by atoms with Crippen LogP contribution >= 0.6 is 0 Å². The number of nitrogens with one attached hydrogen (secondary N) is 1. The maximum Gasteiger partial charge on any atom is 0.156 e. The normalized spacial score (nSPS) is 11.8. The summed E-state index contributed by atoms with van der Waals surface area (Å²) in [5, 5.41) is 19.8. The van der Waals surface area contributed by atoms with Crippen LogP contribution < -0.4 is 0 Å². The van der Waals surface area contributed by atoms with E-state index in [2.05, 4.69) is 25.6 Å². The molecule has 0 aliphatic heterocycles. The van der Waals surface area contributed by atoms with Crippen molar-refractivity contribution >= 4 is 22.1 Å². The summed E-state index contributed by atoms with van der Waals surface area (Å²) in [4.78, 5) is 12.1. The van der Waals surface area contributed by atoms with Crippen molar-refractivity contribution in [3.05, 3.63) is 48.9 Å². The van der Waals surface area contributed by atoms with Crippen molar-refractivity contribution in [1.29, 1.82) is 0 Å². The third kappa shape index (κ3) is 2.46. The van der Waals surface area contributed by atoms with Crippen molar-refractivity contribution in [2.75, 3.05) is 13.2 Å². The van der Waals surface area contributed by atoms with E-state index in [9.17, 15) is 10.2 Å². The van der Waals surface area contributed by atoms with Crippen molar-refractivity contribution < 1.29 is 10.2 Å². The number of hydrogen-bond acceptors (Lipinski definition) is 4. The highest BCUT2D eigenvalue weighted by Gasteiger charge is 2.15. The van der Waals surface area contributed by atoms with Gasteiger partial charge in [0.2, 0.25) is 0 Å². The molecule has 0 atom stereocenters. The van der Waals surface area contributed by atoms with Gasteiger partial charge in [0.1, 0.15) is 5.52 Å². The van der Waals surface area contributed by atoms with Crippen LogP contribution in [0.4, 0.5) is 0 Å². The van der Waals surface area contributed by atoms with Crippen LogP contribution in [0.3, 0.4) is 0 Å². The zero-order chi connectivity index (χ0) is 16.5. The molecule has 0 saturated heterocycles. The van der Waals surface area contributed by atoms with Gasteiger partial charge in [-0.2, -0.15) is 0 Å². The summed E-state index contributed by atoms with van der Waals surface area (Å²) in [6.07, 6.45) is 5.61. The lowest BCUT2D eigenvalue weighted by molar-refractivity contribution is 0.138. The summed E-state index contributed by atoms with van der Waals surface area (Å²) < 4.78 is 2.06. The number of aromatic nitrogens is 4. The van der Waals surface area contributed by atoms with E-state index >= 15 is 0 Å². The first-order chi connectivity index (χ1) is 11.8. The number of aliphatic hydroxyl groups excluding tert-OH is 2. The minimum atomic E-state index is -0.188. The summed E-state index contributed by atoms with van der Waals surface area (Å²) in [5.41, 5.74) is 4.45. The number of aromatic amines is 1. The number of nitrogens with zero attached hydrogens (tertiary/aromatic N) is 3. The minimum Gasteiger partial charge on any atom is -0.396 e. The molecule has 3 heterocycles. The standard InChI is InChI=1S/C18H18N4O2/c23-10-12(11-24)8-22-9-14(13-3-1-2-4-17(13)22)16-7-20-18-15(21-16)5-6-19-18/h1-7,9,12,23-24H,8,10-11H2,(H,19,20).